The Balaban J connectivity index is 4.90. The Labute approximate surface area is 174 Å². The number of carboxylic acid groups (broad SMARTS) is 4. The number of carbonyl (C=O) groups excluding carboxylic acids is 1. The third kappa shape index (κ3) is 14.1. The van der Waals surface area contributed by atoms with Gasteiger partial charge < -0.3 is 23.5 Å². The van der Waals surface area contributed by atoms with E-state index in [0.29, 0.717) is 0 Å². The summed E-state index contributed by atoms with van der Waals surface area (Å²) in [5.74, 6) is -5.47. The van der Waals surface area contributed by atoms with Gasteiger partial charge >= 0.3 is 29.8 Å². The van der Waals surface area contributed by atoms with E-state index in [2.05, 4.69) is 3.07 Å². The van der Waals surface area contributed by atoms with Gasteiger partial charge in [0.1, 0.15) is 0 Å². The van der Waals surface area contributed by atoms with Crippen molar-refractivity contribution in [3.8, 4) is 0 Å². The van der Waals surface area contributed by atoms with Crippen LogP contribution in [0.4, 0.5) is 0 Å². The summed E-state index contributed by atoms with van der Waals surface area (Å²) in [4.78, 5) is 58.7. The van der Waals surface area contributed by atoms with Gasteiger partial charge in [0, 0.05) is 26.2 Å². The first kappa shape index (κ1) is 26.0. The standard InChI is InChI=1S/C14H22IN3O10/c15-28-14(27)9-18(8-13(25)26)4-2-16(5-10(19)20)1-3-17(6-11(21)22)7-12(23)24/h1-9H2,(H,19,20)(H,21,22)(H,23,24)(H,25,26). The van der Waals surface area contributed by atoms with E-state index >= 15 is 0 Å². The normalized spacial score (nSPS) is 11.0. The first-order valence-electron chi connectivity index (χ1n) is 7.89. The largest absolute Gasteiger partial charge is 0.480 e. The lowest BCUT2D eigenvalue weighted by molar-refractivity contribution is -0.143. The van der Waals surface area contributed by atoms with Crippen molar-refractivity contribution in [2.24, 2.45) is 0 Å². The Bertz CT molecular complexity index is 558. The van der Waals surface area contributed by atoms with Crippen LogP contribution in [0, 0.1) is 0 Å². The van der Waals surface area contributed by atoms with Crippen LogP contribution in [0.15, 0.2) is 0 Å². The first-order chi connectivity index (χ1) is 13.0. The lowest BCUT2D eigenvalue weighted by Gasteiger charge is -2.27. The molecular formula is C14H22IN3O10. The van der Waals surface area contributed by atoms with Gasteiger partial charge in [-0.05, 0) is 0 Å². The van der Waals surface area contributed by atoms with Crippen LogP contribution in [-0.2, 0) is 27.0 Å². The molecule has 0 fully saturated rings. The number of nitrogens with zero attached hydrogens (tertiary/aromatic N) is 3. The maximum Gasteiger partial charge on any atom is 0.329 e. The van der Waals surface area contributed by atoms with Gasteiger partial charge in [0.25, 0.3) is 0 Å². The number of rotatable bonds is 16. The fourth-order valence-electron chi connectivity index (χ4n) is 2.24. The topological polar surface area (TPSA) is 185 Å². The molecule has 0 aromatic rings. The van der Waals surface area contributed by atoms with Crippen LogP contribution in [0.3, 0.4) is 0 Å². The zero-order valence-corrected chi connectivity index (χ0v) is 17.0. The zero-order valence-electron chi connectivity index (χ0n) is 14.8. The van der Waals surface area contributed by atoms with E-state index in [0.717, 1.165) is 4.90 Å². The van der Waals surface area contributed by atoms with Crippen LogP contribution in [0.25, 0.3) is 0 Å². The average Bonchev–Trinajstić information content (AvgIpc) is 2.54. The number of hydrogen-bond donors (Lipinski definition) is 4. The molecule has 0 atom stereocenters. The second-order valence-electron chi connectivity index (χ2n) is 5.72. The molecule has 28 heavy (non-hydrogen) atoms. The van der Waals surface area contributed by atoms with Crippen LogP contribution in [0.1, 0.15) is 0 Å². The Kier molecular flexibility index (Phi) is 13.0. The molecule has 0 unspecified atom stereocenters. The maximum atomic E-state index is 11.4. The molecule has 0 aromatic heterocycles. The monoisotopic (exact) mass is 519 g/mol. The van der Waals surface area contributed by atoms with Crippen molar-refractivity contribution in [2.45, 2.75) is 0 Å². The molecule has 0 saturated carbocycles. The van der Waals surface area contributed by atoms with E-state index in [1.165, 1.54) is 32.8 Å². The van der Waals surface area contributed by atoms with Gasteiger partial charge in [-0.1, -0.05) is 0 Å². The molecule has 0 bridgehead atoms. The Morgan fingerprint density at radius 1 is 0.571 bits per heavy atom. The van der Waals surface area contributed by atoms with E-state index in [9.17, 15) is 24.0 Å². The molecule has 0 aliphatic rings. The van der Waals surface area contributed by atoms with Crippen molar-refractivity contribution in [2.75, 3.05) is 58.9 Å². The molecule has 0 amide bonds. The molecule has 0 radical (unpaired) electrons. The number of halogens is 1. The first-order valence-corrected chi connectivity index (χ1v) is 8.77. The summed E-state index contributed by atoms with van der Waals surface area (Å²) in [5.41, 5.74) is 0. The minimum atomic E-state index is -1.23. The van der Waals surface area contributed by atoms with E-state index in [4.69, 9.17) is 20.4 Å². The van der Waals surface area contributed by atoms with Crippen LogP contribution in [-0.4, -0.2) is 124 Å². The number of aliphatic carboxylic acids is 4. The molecule has 4 N–H and O–H groups in total. The Morgan fingerprint density at radius 3 is 1.18 bits per heavy atom. The Hall–Kier alpha value is -2.04. The number of carbonyl (C=O) groups is 5. The van der Waals surface area contributed by atoms with E-state index in [1.54, 1.807) is 0 Å². The highest BCUT2D eigenvalue weighted by Gasteiger charge is 2.19. The van der Waals surface area contributed by atoms with Crippen molar-refractivity contribution >= 4 is 52.9 Å². The molecule has 14 heteroatoms. The molecule has 0 aliphatic carbocycles. The molecule has 0 aliphatic heterocycles. The minimum Gasteiger partial charge on any atom is -0.480 e. The van der Waals surface area contributed by atoms with Gasteiger partial charge in [0.15, 0.2) is 23.0 Å². The molecule has 0 heterocycles. The molecule has 0 spiro atoms. The molecule has 0 rings (SSSR count). The fraction of sp³-hybridized carbons (Fsp3) is 0.643. The maximum absolute atomic E-state index is 11.4. The number of carboxylic acids is 4. The van der Waals surface area contributed by atoms with Gasteiger partial charge in [-0.2, -0.15) is 0 Å². The number of hydrogen-bond acceptors (Lipinski definition) is 9. The van der Waals surface area contributed by atoms with Crippen molar-refractivity contribution in [1.29, 1.82) is 0 Å². The molecule has 13 nitrogen and oxygen atoms in total. The van der Waals surface area contributed by atoms with Crippen molar-refractivity contribution in [3.05, 3.63) is 0 Å². The highest BCUT2D eigenvalue weighted by molar-refractivity contribution is 14.1. The van der Waals surface area contributed by atoms with Crippen molar-refractivity contribution in [3.63, 3.8) is 0 Å². The van der Waals surface area contributed by atoms with Gasteiger partial charge in [-0.15, -0.1) is 0 Å². The van der Waals surface area contributed by atoms with E-state index in [1.807, 2.05) is 0 Å². The summed E-state index contributed by atoms with van der Waals surface area (Å²) in [7, 11) is 0. The molecule has 0 aromatic carbocycles. The fourth-order valence-corrected chi connectivity index (χ4v) is 2.38. The second kappa shape index (κ2) is 14.0. The third-order valence-corrected chi connectivity index (χ3v) is 3.83. The molecule has 0 saturated heterocycles. The summed E-state index contributed by atoms with van der Waals surface area (Å²) in [6.45, 7) is -2.15. The molecular weight excluding hydrogens is 497 g/mol. The minimum absolute atomic E-state index is 0.0272. The second-order valence-corrected chi connectivity index (χ2v) is 6.16. The summed E-state index contributed by atoms with van der Waals surface area (Å²) in [6.07, 6.45) is 0. The van der Waals surface area contributed by atoms with Crippen molar-refractivity contribution < 1.29 is 47.5 Å². The molecule has 160 valence electrons. The van der Waals surface area contributed by atoms with E-state index < -0.39 is 56.0 Å². The summed E-state index contributed by atoms with van der Waals surface area (Å²) >= 11 is 1.36. The van der Waals surface area contributed by atoms with Gasteiger partial charge in [-0.3, -0.25) is 33.9 Å². The summed E-state index contributed by atoms with van der Waals surface area (Å²) < 4.78 is 4.46. The van der Waals surface area contributed by atoms with Crippen molar-refractivity contribution in [1.82, 2.24) is 14.7 Å². The van der Waals surface area contributed by atoms with Crippen LogP contribution in [0.5, 0.6) is 0 Å². The average molecular weight is 519 g/mol. The van der Waals surface area contributed by atoms with Gasteiger partial charge in [0.05, 0.1) is 32.7 Å². The lowest BCUT2D eigenvalue weighted by Crippen LogP contribution is -2.45. The highest BCUT2D eigenvalue weighted by Crippen LogP contribution is 1.98. The van der Waals surface area contributed by atoms with E-state index in [-0.39, 0.29) is 32.7 Å². The lowest BCUT2D eigenvalue weighted by atomic mass is 10.3. The van der Waals surface area contributed by atoms with Gasteiger partial charge in [-0.25, -0.2) is 4.79 Å². The highest BCUT2D eigenvalue weighted by atomic mass is 127. The van der Waals surface area contributed by atoms with Gasteiger partial charge in [0.2, 0.25) is 0 Å². The smallest absolute Gasteiger partial charge is 0.329 e. The quantitative estimate of drug-likeness (QED) is 0.166. The van der Waals surface area contributed by atoms with Crippen LogP contribution >= 0.6 is 23.0 Å². The van der Waals surface area contributed by atoms with Crippen LogP contribution in [0.2, 0.25) is 0 Å². The van der Waals surface area contributed by atoms with Crippen LogP contribution < -0.4 is 0 Å². The SMILES string of the molecule is O=C(O)CN(CCN(CC(=O)O)CC(=O)O)CCN(CC(=O)O)CC(=O)OI. The predicted molar refractivity (Wildman–Crippen MR) is 100.0 cm³/mol. The Morgan fingerprint density at radius 2 is 0.857 bits per heavy atom. The zero-order chi connectivity index (χ0) is 21.7. The predicted octanol–water partition coefficient (Wildman–Crippen LogP) is -1.88. The summed E-state index contributed by atoms with van der Waals surface area (Å²) in [6, 6.07) is 0. The third-order valence-electron chi connectivity index (χ3n) is 3.34. The summed E-state index contributed by atoms with van der Waals surface area (Å²) in [5, 5.41) is 35.6.